The smallest absolute Gasteiger partial charge is 0.239 e. The van der Waals surface area contributed by atoms with Gasteiger partial charge in [0, 0.05) is 6.54 Å². The lowest BCUT2D eigenvalue weighted by Gasteiger charge is -2.11. The summed E-state index contributed by atoms with van der Waals surface area (Å²) in [5.41, 5.74) is 4.22. The van der Waals surface area contributed by atoms with E-state index in [-0.39, 0.29) is 5.91 Å². The summed E-state index contributed by atoms with van der Waals surface area (Å²) in [4.78, 5) is 13.3. The van der Waals surface area contributed by atoms with Gasteiger partial charge in [0.2, 0.25) is 5.91 Å². The lowest BCUT2D eigenvalue weighted by molar-refractivity contribution is -0.123. The van der Waals surface area contributed by atoms with Crippen LogP contribution in [0.25, 0.3) is 11.1 Å². The van der Waals surface area contributed by atoms with Crippen LogP contribution in [0.15, 0.2) is 64.8 Å². The molecule has 5 heteroatoms. The molecule has 3 rings (SSSR count). The molecule has 0 N–H and O–H groups in total. The molecule has 0 radical (unpaired) electrons. The van der Waals surface area contributed by atoms with Gasteiger partial charge in [-0.3, -0.25) is 9.69 Å². The summed E-state index contributed by atoms with van der Waals surface area (Å²) in [6.45, 7) is 4.50. The number of hydrogen-bond donors (Lipinski definition) is 0. The summed E-state index contributed by atoms with van der Waals surface area (Å²) in [6.07, 6.45) is 0. The number of thioether (sulfide) groups is 1. The summed E-state index contributed by atoms with van der Waals surface area (Å²) in [5, 5.41) is 9.24. The van der Waals surface area contributed by atoms with E-state index in [0.717, 1.165) is 11.3 Å². The zero-order valence-corrected chi connectivity index (χ0v) is 14.6. The Kier molecular flexibility index (Phi) is 5.11. The largest absolute Gasteiger partial charge is 0.289 e. The van der Waals surface area contributed by atoms with Gasteiger partial charge in [0.15, 0.2) is 5.17 Å². The third-order valence-corrected chi connectivity index (χ3v) is 4.82. The maximum absolute atomic E-state index is 11.7. The minimum atomic E-state index is 0.0984. The second-order valence-corrected chi connectivity index (χ2v) is 6.38. The predicted molar refractivity (Wildman–Crippen MR) is 101 cm³/mol. The molecule has 122 valence electrons. The zero-order chi connectivity index (χ0) is 16.9. The van der Waals surface area contributed by atoms with Gasteiger partial charge in [0.1, 0.15) is 0 Å². The fourth-order valence-corrected chi connectivity index (χ4v) is 3.39. The van der Waals surface area contributed by atoms with Crippen molar-refractivity contribution in [2.45, 2.75) is 13.8 Å². The van der Waals surface area contributed by atoms with Crippen LogP contribution < -0.4 is 0 Å². The highest BCUT2D eigenvalue weighted by Crippen LogP contribution is 2.21. The number of carbonyl (C=O) groups excluding carboxylic acids is 1. The maximum Gasteiger partial charge on any atom is 0.239 e. The molecule has 1 saturated heterocycles. The van der Waals surface area contributed by atoms with Gasteiger partial charge in [-0.25, -0.2) is 0 Å². The molecule has 1 heterocycles. The van der Waals surface area contributed by atoms with E-state index in [1.165, 1.54) is 22.9 Å². The van der Waals surface area contributed by atoms with Gasteiger partial charge in [0.05, 0.1) is 11.5 Å². The molecule has 0 atom stereocenters. The molecule has 0 bridgehead atoms. The highest BCUT2D eigenvalue weighted by molar-refractivity contribution is 8.15. The van der Waals surface area contributed by atoms with E-state index in [9.17, 15) is 4.79 Å². The molecule has 1 amide bonds. The van der Waals surface area contributed by atoms with E-state index >= 15 is 0 Å². The first-order valence-electron chi connectivity index (χ1n) is 7.90. The molecule has 0 aliphatic carbocycles. The van der Waals surface area contributed by atoms with Gasteiger partial charge in [-0.05, 0) is 30.5 Å². The van der Waals surface area contributed by atoms with Crippen LogP contribution in [0, 0.1) is 0 Å². The Morgan fingerprint density at radius 1 is 1.08 bits per heavy atom. The number of rotatable bonds is 4. The second kappa shape index (κ2) is 7.45. The SMILES string of the molecule is CCN1C(=O)CSC1=NN=C(C)c1ccc(-c2ccccc2)cc1. The highest BCUT2D eigenvalue weighted by Gasteiger charge is 2.26. The molecule has 0 saturated carbocycles. The Hall–Kier alpha value is -2.40. The fraction of sp³-hybridized carbons (Fsp3) is 0.211. The Morgan fingerprint density at radius 2 is 1.75 bits per heavy atom. The summed E-state index contributed by atoms with van der Waals surface area (Å²) in [5.74, 6) is 0.550. The van der Waals surface area contributed by atoms with Crippen molar-refractivity contribution in [2.75, 3.05) is 12.3 Å². The molecule has 2 aromatic rings. The molecule has 1 aliphatic rings. The summed E-state index contributed by atoms with van der Waals surface area (Å²) in [6, 6.07) is 18.5. The molecular weight excluding hydrogens is 318 g/mol. The number of carbonyl (C=O) groups is 1. The van der Waals surface area contributed by atoms with Crippen LogP contribution in [-0.2, 0) is 4.79 Å². The van der Waals surface area contributed by atoms with Crippen LogP contribution in [0.3, 0.4) is 0 Å². The van der Waals surface area contributed by atoms with E-state index in [0.29, 0.717) is 17.5 Å². The minimum Gasteiger partial charge on any atom is -0.289 e. The Bertz CT molecular complexity index is 782. The van der Waals surface area contributed by atoms with E-state index in [1.807, 2.05) is 44.2 Å². The van der Waals surface area contributed by atoms with Crippen LogP contribution in [0.1, 0.15) is 19.4 Å². The van der Waals surface area contributed by atoms with Crippen molar-refractivity contribution in [2.24, 2.45) is 10.2 Å². The summed E-state index contributed by atoms with van der Waals surface area (Å²) in [7, 11) is 0. The van der Waals surface area contributed by atoms with E-state index < -0.39 is 0 Å². The van der Waals surface area contributed by atoms with Crippen LogP contribution >= 0.6 is 11.8 Å². The number of benzene rings is 2. The first-order valence-corrected chi connectivity index (χ1v) is 8.89. The average Bonchev–Trinajstić information content (AvgIpc) is 3.00. The zero-order valence-electron chi connectivity index (χ0n) is 13.8. The van der Waals surface area contributed by atoms with Gasteiger partial charge >= 0.3 is 0 Å². The molecular formula is C19H19N3OS. The van der Waals surface area contributed by atoms with Crippen molar-refractivity contribution < 1.29 is 4.79 Å². The van der Waals surface area contributed by atoms with Gasteiger partial charge < -0.3 is 0 Å². The van der Waals surface area contributed by atoms with E-state index in [2.05, 4.69) is 34.5 Å². The number of nitrogens with zero attached hydrogens (tertiary/aromatic N) is 3. The lowest BCUT2D eigenvalue weighted by atomic mass is 10.0. The third kappa shape index (κ3) is 3.57. The molecule has 0 aromatic heterocycles. The monoisotopic (exact) mass is 337 g/mol. The molecule has 1 aliphatic heterocycles. The van der Waals surface area contributed by atoms with Crippen molar-refractivity contribution in [3.8, 4) is 11.1 Å². The number of amidine groups is 1. The topological polar surface area (TPSA) is 45.0 Å². The lowest BCUT2D eigenvalue weighted by Crippen LogP contribution is -2.28. The van der Waals surface area contributed by atoms with Crippen molar-refractivity contribution in [1.29, 1.82) is 0 Å². The molecule has 2 aromatic carbocycles. The normalized spacial score (nSPS) is 16.9. The Balaban J connectivity index is 1.78. The van der Waals surface area contributed by atoms with E-state index in [1.54, 1.807) is 4.90 Å². The van der Waals surface area contributed by atoms with Crippen molar-refractivity contribution in [1.82, 2.24) is 4.90 Å². The fourth-order valence-electron chi connectivity index (χ4n) is 2.49. The molecule has 24 heavy (non-hydrogen) atoms. The molecule has 0 spiro atoms. The summed E-state index contributed by atoms with van der Waals surface area (Å²) < 4.78 is 0. The predicted octanol–water partition coefficient (Wildman–Crippen LogP) is 4.03. The quantitative estimate of drug-likeness (QED) is 0.624. The Labute approximate surface area is 146 Å². The second-order valence-electron chi connectivity index (χ2n) is 5.44. The van der Waals surface area contributed by atoms with Gasteiger partial charge in [-0.1, -0.05) is 66.4 Å². The first-order chi connectivity index (χ1) is 11.7. The number of amides is 1. The van der Waals surface area contributed by atoms with Crippen molar-refractivity contribution in [3.63, 3.8) is 0 Å². The van der Waals surface area contributed by atoms with Crippen LogP contribution in [-0.4, -0.2) is 34.0 Å². The maximum atomic E-state index is 11.7. The summed E-state index contributed by atoms with van der Waals surface area (Å²) >= 11 is 1.44. The van der Waals surface area contributed by atoms with Crippen LogP contribution in [0.2, 0.25) is 0 Å². The van der Waals surface area contributed by atoms with Gasteiger partial charge in [0.25, 0.3) is 0 Å². The third-order valence-electron chi connectivity index (χ3n) is 3.87. The Morgan fingerprint density at radius 3 is 2.42 bits per heavy atom. The van der Waals surface area contributed by atoms with Gasteiger partial charge in [-0.15, -0.1) is 5.10 Å². The molecule has 0 unspecified atom stereocenters. The molecule has 1 fully saturated rings. The average molecular weight is 337 g/mol. The van der Waals surface area contributed by atoms with Gasteiger partial charge in [-0.2, -0.15) is 5.10 Å². The number of hydrogen-bond acceptors (Lipinski definition) is 4. The van der Waals surface area contributed by atoms with Crippen molar-refractivity contribution in [3.05, 3.63) is 60.2 Å². The first kappa shape index (κ1) is 16.5. The highest BCUT2D eigenvalue weighted by atomic mass is 32.2. The standard InChI is InChI=1S/C19H19N3OS/c1-3-22-18(23)13-24-19(22)21-20-14(2)15-9-11-17(12-10-15)16-7-5-4-6-8-16/h4-12H,3,13H2,1-2H3. The van der Waals surface area contributed by atoms with E-state index in [4.69, 9.17) is 0 Å². The molecule has 4 nitrogen and oxygen atoms in total. The van der Waals surface area contributed by atoms with Crippen molar-refractivity contribution >= 4 is 28.5 Å². The van der Waals surface area contributed by atoms with Crippen LogP contribution in [0.5, 0.6) is 0 Å². The van der Waals surface area contributed by atoms with Crippen LogP contribution in [0.4, 0.5) is 0 Å². The minimum absolute atomic E-state index is 0.0984.